The number of rotatable bonds is 4. The van der Waals surface area contributed by atoms with Crippen molar-refractivity contribution in [1.29, 1.82) is 0 Å². The van der Waals surface area contributed by atoms with E-state index >= 15 is 0 Å². The Morgan fingerprint density at radius 3 is 3.00 bits per heavy atom. The van der Waals surface area contributed by atoms with E-state index in [1.165, 1.54) is 0 Å². The average Bonchev–Trinajstić information content (AvgIpc) is 2.20. The van der Waals surface area contributed by atoms with Gasteiger partial charge < -0.3 is 0 Å². The van der Waals surface area contributed by atoms with Gasteiger partial charge in [-0.1, -0.05) is 41.0 Å². The Kier molecular flexibility index (Phi) is 4.75. The third-order valence-electron chi connectivity index (χ3n) is 1.91. The topological polar surface area (TPSA) is 48.8 Å². The van der Waals surface area contributed by atoms with Gasteiger partial charge in [0.25, 0.3) is 0 Å². The second-order valence-electron chi connectivity index (χ2n) is 3.17. The molecule has 0 aliphatic heterocycles. The molecule has 0 unspecified atom stereocenters. The molecule has 0 bridgehead atoms. The van der Waals surface area contributed by atoms with Crippen LogP contribution in [0.3, 0.4) is 0 Å². The van der Waals surface area contributed by atoms with Gasteiger partial charge in [0.05, 0.1) is 0 Å². The minimum Gasteiger partial charge on any atom is -0.0937 e. The van der Waals surface area contributed by atoms with Gasteiger partial charge in [-0.3, -0.25) is 0 Å². The molecule has 0 fully saturated rings. The standard InChI is InChI=1S/C11H12ClN3/c1-9-5-6-10(11(12)8-9)4-2-3-7-14-15-13/h2,4-6,8H,3,7H2,1H3. The van der Waals surface area contributed by atoms with E-state index < -0.39 is 0 Å². The third kappa shape index (κ3) is 4.07. The summed E-state index contributed by atoms with van der Waals surface area (Å²) < 4.78 is 0. The Labute approximate surface area is 94.0 Å². The maximum atomic E-state index is 8.07. The summed E-state index contributed by atoms with van der Waals surface area (Å²) in [6, 6.07) is 5.91. The molecular formula is C11H12ClN3. The zero-order chi connectivity index (χ0) is 11.1. The van der Waals surface area contributed by atoms with Gasteiger partial charge in [-0.2, -0.15) is 0 Å². The zero-order valence-electron chi connectivity index (χ0n) is 8.52. The van der Waals surface area contributed by atoms with Gasteiger partial charge in [-0.25, -0.2) is 0 Å². The summed E-state index contributed by atoms with van der Waals surface area (Å²) in [5.41, 5.74) is 10.2. The zero-order valence-corrected chi connectivity index (χ0v) is 9.28. The first-order chi connectivity index (χ1) is 7.24. The fourth-order valence-corrected chi connectivity index (χ4v) is 1.45. The highest BCUT2D eigenvalue weighted by Crippen LogP contribution is 2.18. The van der Waals surface area contributed by atoms with Crippen LogP contribution in [0.4, 0.5) is 0 Å². The molecule has 0 saturated heterocycles. The maximum absolute atomic E-state index is 8.07. The summed E-state index contributed by atoms with van der Waals surface area (Å²) in [4.78, 5) is 2.67. The molecule has 1 aromatic carbocycles. The van der Waals surface area contributed by atoms with Crippen LogP contribution in [0.15, 0.2) is 29.4 Å². The number of nitrogens with zero attached hydrogens (tertiary/aromatic N) is 3. The van der Waals surface area contributed by atoms with E-state index in [9.17, 15) is 0 Å². The summed E-state index contributed by atoms with van der Waals surface area (Å²) in [5, 5.41) is 4.18. The summed E-state index contributed by atoms with van der Waals surface area (Å²) in [7, 11) is 0. The average molecular weight is 222 g/mol. The van der Waals surface area contributed by atoms with Gasteiger partial charge in [-0.15, -0.1) is 0 Å². The van der Waals surface area contributed by atoms with Gasteiger partial charge in [0, 0.05) is 16.5 Å². The van der Waals surface area contributed by atoms with Crippen LogP contribution in [-0.4, -0.2) is 6.54 Å². The molecule has 78 valence electrons. The smallest absolute Gasteiger partial charge is 0.0480 e. The lowest BCUT2D eigenvalue weighted by atomic mass is 10.1. The predicted molar refractivity (Wildman–Crippen MR) is 63.9 cm³/mol. The fraction of sp³-hybridized carbons (Fsp3) is 0.273. The quantitative estimate of drug-likeness (QED) is 0.314. The van der Waals surface area contributed by atoms with Crippen LogP contribution in [0.5, 0.6) is 0 Å². The normalized spacial score (nSPS) is 10.3. The monoisotopic (exact) mass is 221 g/mol. The van der Waals surface area contributed by atoms with Crippen LogP contribution in [0, 0.1) is 6.92 Å². The Bertz CT molecular complexity index is 406. The highest BCUT2D eigenvalue weighted by molar-refractivity contribution is 6.32. The van der Waals surface area contributed by atoms with E-state index in [1.54, 1.807) is 0 Å². The molecule has 0 radical (unpaired) electrons. The van der Waals surface area contributed by atoms with Crippen LogP contribution in [-0.2, 0) is 0 Å². The Hall–Kier alpha value is -1.44. The third-order valence-corrected chi connectivity index (χ3v) is 2.24. The van der Waals surface area contributed by atoms with Gasteiger partial charge in [0.1, 0.15) is 0 Å². The molecule has 0 aliphatic rings. The van der Waals surface area contributed by atoms with Gasteiger partial charge in [0.2, 0.25) is 0 Å². The molecule has 0 saturated carbocycles. The van der Waals surface area contributed by atoms with Crippen molar-refractivity contribution in [3.8, 4) is 0 Å². The van der Waals surface area contributed by atoms with Crippen molar-refractivity contribution >= 4 is 17.7 Å². The molecule has 0 aliphatic carbocycles. The Morgan fingerprint density at radius 1 is 1.53 bits per heavy atom. The van der Waals surface area contributed by atoms with Crippen molar-refractivity contribution in [2.45, 2.75) is 13.3 Å². The second kappa shape index (κ2) is 6.12. The first kappa shape index (κ1) is 11.6. The van der Waals surface area contributed by atoms with Crippen molar-refractivity contribution < 1.29 is 0 Å². The number of hydrogen-bond donors (Lipinski definition) is 0. The number of halogens is 1. The van der Waals surface area contributed by atoms with E-state index in [2.05, 4.69) is 10.0 Å². The molecule has 0 heterocycles. The maximum Gasteiger partial charge on any atom is 0.0480 e. The molecular weight excluding hydrogens is 210 g/mol. The van der Waals surface area contributed by atoms with E-state index in [1.807, 2.05) is 37.3 Å². The highest BCUT2D eigenvalue weighted by atomic mass is 35.5. The lowest BCUT2D eigenvalue weighted by Gasteiger charge is -1.99. The summed E-state index contributed by atoms with van der Waals surface area (Å²) >= 11 is 6.04. The lowest BCUT2D eigenvalue weighted by molar-refractivity contribution is 0.996. The Morgan fingerprint density at radius 2 is 2.33 bits per heavy atom. The summed E-state index contributed by atoms with van der Waals surface area (Å²) in [5.74, 6) is 0. The van der Waals surface area contributed by atoms with Gasteiger partial charge in [-0.05, 0) is 36.1 Å². The van der Waals surface area contributed by atoms with Crippen molar-refractivity contribution in [3.05, 3.63) is 50.9 Å². The van der Waals surface area contributed by atoms with Crippen LogP contribution < -0.4 is 0 Å². The number of azide groups is 1. The SMILES string of the molecule is Cc1ccc(C=CCCN=[N+]=[N-])c(Cl)c1. The van der Waals surface area contributed by atoms with Gasteiger partial charge >= 0.3 is 0 Å². The van der Waals surface area contributed by atoms with Crippen molar-refractivity contribution in [2.75, 3.05) is 6.54 Å². The first-order valence-corrected chi connectivity index (χ1v) is 5.05. The van der Waals surface area contributed by atoms with Crippen molar-refractivity contribution in [3.63, 3.8) is 0 Å². The van der Waals surface area contributed by atoms with E-state index in [4.69, 9.17) is 17.1 Å². The van der Waals surface area contributed by atoms with E-state index in [-0.39, 0.29) is 0 Å². The molecule has 0 N–H and O–H groups in total. The number of hydrogen-bond acceptors (Lipinski definition) is 1. The number of benzene rings is 1. The molecule has 0 aromatic heterocycles. The summed E-state index contributed by atoms with van der Waals surface area (Å²) in [6.07, 6.45) is 4.62. The molecule has 1 aromatic rings. The first-order valence-electron chi connectivity index (χ1n) is 4.67. The highest BCUT2D eigenvalue weighted by Gasteiger charge is 1.95. The van der Waals surface area contributed by atoms with Crippen molar-refractivity contribution in [1.82, 2.24) is 0 Å². The molecule has 15 heavy (non-hydrogen) atoms. The van der Waals surface area contributed by atoms with E-state index in [0.29, 0.717) is 6.54 Å². The largest absolute Gasteiger partial charge is 0.0937 e. The molecule has 1 rings (SSSR count). The minimum absolute atomic E-state index is 0.483. The van der Waals surface area contributed by atoms with Crippen LogP contribution in [0.25, 0.3) is 16.5 Å². The lowest BCUT2D eigenvalue weighted by Crippen LogP contribution is -1.78. The number of aryl methyl sites for hydroxylation is 1. The van der Waals surface area contributed by atoms with Crippen LogP contribution in [0.2, 0.25) is 5.02 Å². The van der Waals surface area contributed by atoms with Crippen molar-refractivity contribution in [2.24, 2.45) is 5.11 Å². The fourth-order valence-electron chi connectivity index (χ4n) is 1.15. The molecule has 0 atom stereocenters. The van der Waals surface area contributed by atoms with E-state index in [0.717, 1.165) is 22.6 Å². The Balaban J connectivity index is 2.60. The molecule has 4 heteroatoms. The molecule has 0 spiro atoms. The van der Waals surface area contributed by atoms with Crippen LogP contribution >= 0.6 is 11.6 Å². The second-order valence-corrected chi connectivity index (χ2v) is 3.58. The summed E-state index contributed by atoms with van der Waals surface area (Å²) in [6.45, 7) is 2.48. The molecule has 0 amide bonds. The van der Waals surface area contributed by atoms with Gasteiger partial charge in [0.15, 0.2) is 0 Å². The molecule has 3 nitrogen and oxygen atoms in total. The minimum atomic E-state index is 0.483. The predicted octanol–water partition coefficient (Wildman–Crippen LogP) is 4.36. The van der Waals surface area contributed by atoms with Crippen LogP contribution in [0.1, 0.15) is 17.5 Å².